The van der Waals surface area contributed by atoms with Gasteiger partial charge in [-0.3, -0.25) is 4.90 Å². The normalized spacial score (nSPS) is 23.3. The van der Waals surface area contributed by atoms with Gasteiger partial charge in [0, 0.05) is 31.4 Å². The second-order valence-corrected chi connectivity index (χ2v) is 4.61. The lowest BCUT2D eigenvalue weighted by atomic mass is 10.2. The van der Waals surface area contributed by atoms with E-state index in [0.29, 0.717) is 12.1 Å². The molecule has 0 unspecified atom stereocenters. The molecule has 0 aromatic carbocycles. The van der Waals surface area contributed by atoms with Gasteiger partial charge in [-0.05, 0) is 26.0 Å². The molecule has 0 bridgehead atoms. The number of ether oxygens (including phenoxy) is 1. The first kappa shape index (κ1) is 12.3. The highest BCUT2D eigenvalue weighted by Crippen LogP contribution is 2.11. The number of rotatable bonds is 4. The van der Waals surface area contributed by atoms with Gasteiger partial charge in [0.1, 0.15) is 5.82 Å². The number of morpholine rings is 1. The molecule has 2 heterocycles. The zero-order valence-corrected chi connectivity index (χ0v) is 10.6. The highest BCUT2D eigenvalue weighted by Gasteiger charge is 2.23. The van der Waals surface area contributed by atoms with E-state index in [0.717, 1.165) is 32.1 Å². The average molecular weight is 235 g/mol. The molecule has 1 saturated heterocycles. The summed E-state index contributed by atoms with van der Waals surface area (Å²) in [5, 5.41) is 3.37. The molecule has 2 atom stereocenters. The van der Waals surface area contributed by atoms with E-state index in [-0.39, 0.29) is 0 Å². The zero-order chi connectivity index (χ0) is 12.1. The molecule has 1 fully saturated rings. The Balaban J connectivity index is 1.82. The summed E-state index contributed by atoms with van der Waals surface area (Å²) < 4.78 is 5.45. The molecule has 0 radical (unpaired) electrons. The summed E-state index contributed by atoms with van der Waals surface area (Å²) in [5.41, 5.74) is 0. The van der Waals surface area contributed by atoms with Crippen molar-refractivity contribution in [2.45, 2.75) is 25.9 Å². The maximum Gasteiger partial charge on any atom is 0.125 e. The first-order chi connectivity index (χ1) is 8.27. The maximum absolute atomic E-state index is 5.45. The summed E-state index contributed by atoms with van der Waals surface area (Å²) in [5.74, 6) is 0.945. The molecule has 1 N–H and O–H groups in total. The SMILES string of the molecule is C[C@H](CNc1ccccn1)N1CCOC[C@@H]1C. The highest BCUT2D eigenvalue weighted by atomic mass is 16.5. The quantitative estimate of drug-likeness (QED) is 0.860. The monoisotopic (exact) mass is 235 g/mol. The van der Waals surface area contributed by atoms with Crippen LogP contribution in [0.25, 0.3) is 0 Å². The number of pyridine rings is 1. The predicted molar refractivity (Wildman–Crippen MR) is 69.2 cm³/mol. The molecule has 0 amide bonds. The third-order valence-corrected chi connectivity index (χ3v) is 3.23. The van der Waals surface area contributed by atoms with Crippen molar-refractivity contribution < 1.29 is 4.74 Å². The second kappa shape index (κ2) is 5.98. The number of anilines is 1. The fourth-order valence-corrected chi connectivity index (χ4v) is 2.23. The first-order valence-electron chi connectivity index (χ1n) is 6.26. The minimum atomic E-state index is 0.496. The summed E-state index contributed by atoms with van der Waals surface area (Å²) in [6.45, 7) is 8.09. The van der Waals surface area contributed by atoms with E-state index in [1.165, 1.54) is 0 Å². The smallest absolute Gasteiger partial charge is 0.125 e. The van der Waals surface area contributed by atoms with E-state index in [1.54, 1.807) is 0 Å². The lowest BCUT2D eigenvalue weighted by molar-refractivity contribution is -0.0159. The maximum atomic E-state index is 5.45. The summed E-state index contributed by atoms with van der Waals surface area (Å²) >= 11 is 0. The van der Waals surface area contributed by atoms with Gasteiger partial charge in [-0.2, -0.15) is 0 Å². The van der Waals surface area contributed by atoms with E-state index in [4.69, 9.17) is 4.74 Å². The van der Waals surface area contributed by atoms with Crippen molar-refractivity contribution in [3.8, 4) is 0 Å². The predicted octanol–water partition coefficient (Wildman–Crippen LogP) is 1.60. The molecular weight excluding hydrogens is 214 g/mol. The average Bonchev–Trinajstić information content (AvgIpc) is 2.38. The molecule has 1 aliphatic heterocycles. The molecule has 4 heteroatoms. The third-order valence-electron chi connectivity index (χ3n) is 3.23. The van der Waals surface area contributed by atoms with Crippen molar-refractivity contribution in [3.05, 3.63) is 24.4 Å². The number of nitrogens with one attached hydrogen (secondary N) is 1. The van der Waals surface area contributed by atoms with E-state index in [9.17, 15) is 0 Å². The van der Waals surface area contributed by atoms with Crippen LogP contribution in [0.15, 0.2) is 24.4 Å². The molecule has 1 aromatic rings. The second-order valence-electron chi connectivity index (χ2n) is 4.61. The molecule has 1 aliphatic rings. The van der Waals surface area contributed by atoms with Gasteiger partial charge in [0.15, 0.2) is 0 Å². The molecule has 2 rings (SSSR count). The molecule has 17 heavy (non-hydrogen) atoms. The molecule has 1 aromatic heterocycles. The number of aromatic nitrogens is 1. The van der Waals surface area contributed by atoms with Crippen LogP contribution in [0.5, 0.6) is 0 Å². The topological polar surface area (TPSA) is 37.4 Å². The summed E-state index contributed by atoms with van der Waals surface area (Å²) in [7, 11) is 0. The van der Waals surface area contributed by atoms with Crippen LogP contribution < -0.4 is 5.32 Å². The van der Waals surface area contributed by atoms with Gasteiger partial charge in [0.2, 0.25) is 0 Å². The summed E-state index contributed by atoms with van der Waals surface area (Å²) in [6, 6.07) is 6.92. The van der Waals surface area contributed by atoms with E-state index < -0.39 is 0 Å². The Kier molecular flexibility index (Phi) is 4.34. The Bertz CT molecular complexity index is 331. The molecule has 0 spiro atoms. The number of hydrogen-bond acceptors (Lipinski definition) is 4. The zero-order valence-electron chi connectivity index (χ0n) is 10.6. The van der Waals surface area contributed by atoms with Crippen molar-refractivity contribution in [3.63, 3.8) is 0 Å². The Morgan fingerprint density at radius 3 is 3.18 bits per heavy atom. The van der Waals surface area contributed by atoms with Gasteiger partial charge >= 0.3 is 0 Å². The lowest BCUT2D eigenvalue weighted by Gasteiger charge is -2.37. The standard InChI is InChI=1S/C13H21N3O/c1-11(16-7-8-17-10-12(16)2)9-15-13-5-3-4-6-14-13/h3-6,11-12H,7-10H2,1-2H3,(H,14,15)/t11-,12+/m1/s1. The van der Waals surface area contributed by atoms with Crippen LogP contribution in [-0.4, -0.2) is 48.3 Å². The van der Waals surface area contributed by atoms with Crippen molar-refractivity contribution in [2.24, 2.45) is 0 Å². The van der Waals surface area contributed by atoms with E-state index >= 15 is 0 Å². The molecule has 0 saturated carbocycles. The fourth-order valence-electron chi connectivity index (χ4n) is 2.23. The van der Waals surface area contributed by atoms with Crippen molar-refractivity contribution in [1.29, 1.82) is 0 Å². The van der Waals surface area contributed by atoms with Crippen LogP contribution in [0.1, 0.15) is 13.8 Å². The van der Waals surface area contributed by atoms with E-state index in [1.807, 2.05) is 24.4 Å². The Morgan fingerprint density at radius 2 is 2.47 bits per heavy atom. The van der Waals surface area contributed by atoms with Gasteiger partial charge in [-0.25, -0.2) is 4.98 Å². The number of hydrogen-bond donors (Lipinski definition) is 1. The van der Waals surface area contributed by atoms with Crippen molar-refractivity contribution >= 4 is 5.82 Å². The van der Waals surface area contributed by atoms with Crippen molar-refractivity contribution in [1.82, 2.24) is 9.88 Å². The summed E-state index contributed by atoms with van der Waals surface area (Å²) in [4.78, 5) is 6.75. The van der Waals surface area contributed by atoms with E-state index in [2.05, 4.69) is 29.0 Å². The molecule has 0 aliphatic carbocycles. The van der Waals surface area contributed by atoms with Gasteiger partial charge in [0.25, 0.3) is 0 Å². The van der Waals surface area contributed by atoms with Gasteiger partial charge < -0.3 is 10.1 Å². The van der Waals surface area contributed by atoms with Gasteiger partial charge in [-0.1, -0.05) is 6.07 Å². The van der Waals surface area contributed by atoms with Crippen LogP contribution in [0.3, 0.4) is 0 Å². The van der Waals surface area contributed by atoms with Gasteiger partial charge in [0.05, 0.1) is 13.2 Å². The highest BCUT2D eigenvalue weighted by molar-refractivity contribution is 5.33. The Hall–Kier alpha value is -1.13. The van der Waals surface area contributed by atoms with Gasteiger partial charge in [-0.15, -0.1) is 0 Å². The Morgan fingerprint density at radius 1 is 1.59 bits per heavy atom. The molecule has 4 nitrogen and oxygen atoms in total. The fraction of sp³-hybridized carbons (Fsp3) is 0.615. The van der Waals surface area contributed by atoms with Crippen LogP contribution in [-0.2, 0) is 4.74 Å². The summed E-state index contributed by atoms with van der Waals surface area (Å²) in [6.07, 6.45) is 1.81. The minimum Gasteiger partial charge on any atom is -0.379 e. The van der Waals surface area contributed by atoms with Crippen LogP contribution in [0.4, 0.5) is 5.82 Å². The third kappa shape index (κ3) is 3.41. The van der Waals surface area contributed by atoms with Crippen LogP contribution >= 0.6 is 0 Å². The first-order valence-corrected chi connectivity index (χ1v) is 6.26. The largest absolute Gasteiger partial charge is 0.379 e. The van der Waals surface area contributed by atoms with Crippen LogP contribution in [0, 0.1) is 0 Å². The molecule has 94 valence electrons. The van der Waals surface area contributed by atoms with Crippen molar-refractivity contribution in [2.75, 3.05) is 31.6 Å². The minimum absolute atomic E-state index is 0.496. The molecular formula is C13H21N3O. The van der Waals surface area contributed by atoms with Crippen LogP contribution in [0.2, 0.25) is 0 Å². The Labute approximate surface area is 103 Å². The number of nitrogens with zero attached hydrogens (tertiary/aromatic N) is 2. The lowest BCUT2D eigenvalue weighted by Crippen LogP contribution is -2.50.